The van der Waals surface area contributed by atoms with Crippen molar-refractivity contribution >= 4 is 11.8 Å². The maximum absolute atomic E-state index is 4.37. The molecule has 0 saturated heterocycles. The smallest absolute Gasteiger partial charge is 0.138 e. The molecule has 1 N–H and O–H groups in total. The Hall–Kier alpha value is -1.22. The van der Waals surface area contributed by atoms with Crippen molar-refractivity contribution in [1.29, 1.82) is 0 Å². The van der Waals surface area contributed by atoms with Gasteiger partial charge in [0, 0.05) is 22.9 Å². The molecule has 0 fully saturated rings. The highest BCUT2D eigenvalue weighted by molar-refractivity contribution is 7.99. The number of imidazole rings is 1. The molecule has 2 aromatic rings. The zero-order valence-corrected chi connectivity index (χ0v) is 14.5. The van der Waals surface area contributed by atoms with Gasteiger partial charge in [-0.1, -0.05) is 70.1 Å². The fourth-order valence-electron chi connectivity index (χ4n) is 2.62. The third-order valence-corrected chi connectivity index (χ3v) is 5.06. The van der Waals surface area contributed by atoms with Crippen LogP contribution in [0.15, 0.2) is 41.6 Å². The lowest BCUT2D eigenvalue weighted by Crippen LogP contribution is -1.87. The molecular formula is C19H28N2S. The topological polar surface area (TPSA) is 28.7 Å². The number of aromatic nitrogens is 2. The van der Waals surface area contributed by atoms with Crippen molar-refractivity contribution in [2.75, 3.05) is 5.75 Å². The van der Waals surface area contributed by atoms with Gasteiger partial charge in [-0.3, -0.25) is 0 Å². The molecule has 0 saturated carbocycles. The van der Waals surface area contributed by atoms with E-state index in [9.17, 15) is 0 Å². The summed E-state index contributed by atoms with van der Waals surface area (Å²) in [6, 6.07) is 8.54. The molecule has 3 heteroatoms. The summed E-state index contributed by atoms with van der Waals surface area (Å²) >= 11 is 1.96. The van der Waals surface area contributed by atoms with E-state index in [-0.39, 0.29) is 0 Å². The zero-order valence-electron chi connectivity index (χ0n) is 13.7. The van der Waals surface area contributed by atoms with Crippen molar-refractivity contribution in [3.63, 3.8) is 0 Å². The fraction of sp³-hybridized carbons (Fsp3) is 0.526. The molecule has 120 valence electrons. The highest BCUT2D eigenvalue weighted by atomic mass is 32.2. The minimum absolute atomic E-state index is 0.971. The van der Waals surface area contributed by atoms with Crippen LogP contribution < -0.4 is 0 Å². The second-order valence-electron chi connectivity index (χ2n) is 5.76. The van der Waals surface area contributed by atoms with Gasteiger partial charge in [0.15, 0.2) is 0 Å². The van der Waals surface area contributed by atoms with E-state index in [0.29, 0.717) is 0 Å². The summed E-state index contributed by atoms with van der Waals surface area (Å²) in [4.78, 5) is 8.91. The van der Waals surface area contributed by atoms with Gasteiger partial charge in [-0.2, -0.15) is 0 Å². The summed E-state index contributed by atoms with van der Waals surface area (Å²) in [5.41, 5.74) is 1.22. The molecule has 1 aromatic carbocycles. The van der Waals surface area contributed by atoms with Crippen LogP contribution in [0.5, 0.6) is 0 Å². The molecule has 0 bridgehead atoms. The lowest BCUT2D eigenvalue weighted by atomic mass is 10.1. The quantitative estimate of drug-likeness (QED) is 0.389. The van der Waals surface area contributed by atoms with E-state index in [2.05, 4.69) is 41.2 Å². The molecule has 1 heterocycles. The predicted molar refractivity (Wildman–Crippen MR) is 97.4 cm³/mol. The van der Waals surface area contributed by atoms with Gasteiger partial charge in [-0.25, -0.2) is 4.98 Å². The summed E-state index contributed by atoms with van der Waals surface area (Å²) in [6.07, 6.45) is 14.8. The van der Waals surface area contributed by atoms with Crippen LogP contribution in [-0.2, 0) is 0 Å². The van der Waals surface area contributed by atoms with Crippen molar-refractivity contribution in [2.45, 2.75) is 63.2 Å². The molecule has 0 atom stereocenters. The Morgan fingerprint density at radius 2 is 1.68 bits per heavy atom. The van der Waals surface area contributed by atoms with Crippen LogP contribution in [0.3, 0.4) is 0 Å². The van der Waals surface area contributed by atoms with E-state index < -0.39 is 0 Å². The first-order chi connectivity index (χ1) is 10.9. The Kier molecular flexibility index (Phi) is 8.18. The first-order valence-corrected chi connectivity index (χ1v) is 9.62. The molecule has 0 radical (unpaired) electrons. The molecule has 2 nitrogen and oxygen atoms in total. The van der Waals surface area contributed by atoms with Gasteiger partial charge in [0.1, 0.15) is 5.82 Å². The van der Waals surface area contributed by atoms with E-state index >= 15 is 0 Å². The van der Waals surface area contributed by atoms with Crippen LogP contribution in [-0.4, -0.2) is 15.7 Å². The molecule has 1 aromatic heterocycles. The molecule has 0 spiro atoms. The van der Waals surface area contributed by atoms with E-state index in [1.165, 1.54) is 67.6 Å². The Bertz CT molecular complexity index is 508. The highest BCUT2D eigenvalue weighted by Gasteiger charge is 2.06. The molecular weight excluding hydrogens is 288 g/mol. The number of thioether (sulfide) groups is 1. The van der Waals surface area contributed by atoms with Gasteiger partial charge in [0.25, 0.3) is 0 Å². The highest BCUT2D eigenvalue weighted by Crippen LogP contribution is 2.30. The van der Waals surface area contributed by atoms with E-state index in [0.717, 1.165) is 5.82 Å². The summed E-state index contributed by atoms with van der Waals surface area (Å²) in [7, 11) is 0. The van der Waals surface area contributed by atoms with Crippen LogP contribution in [0.2, 0.25) is 0 Å². The van der Waals surface area contributed by atoms with Gasteiger partial charge in [0.2, 0.25) is 0 Å². The number of hydrogen-bond donors (Lipinski definition) is 1. The number of H-pyrrole nitrogens is 1. The number of hydrogen-bond acceptors (Lipinski definition) is 2. The van der Waals surface area contributed by atoms with Crippen LogP contribution in [0, 0.1) is 0 Å². The Balaban J connectivity index is 1.65. The van der Waals surface area contributed by atoms with Crippen molar-refractivity contribution in [3.8, 4) is 11.4 Å². The second-order valence-corrected chi connectivity index (χ2v) is 6.89. The Morgan fingerprint density at radius 1 is 0.955 bits per heavy atom. The van der Waals surface area contributed by atoms with Crippen LogP contribution in [0.25, 0.3) is 11.4 Å². The van der Waals surface area contributed by atoms with Crippen LogP contribution >= 0.6 is 11.8 Å². The average Bonchev–Trinajstić information content (AvgIpc) is 3.08. The maximum atomic E-state index is 4.37. The average molecular weight is 317 g/mol. The van der Waals surface area contributed by atoms with Crippen LogP contribution in [0.1, 0.15) is 58.3 Å². The van der Waals surface area contributed by atoms with Gasteiger partial charge in [-0.15, -0.1) is 11.8 Å². The number of unbranched alkanes of at least 4 members (excludes halogenated alkanes) is 7. The molecule has 0 aliphatic carbocycles. The first kappa shape index (κ1) is 17.1. The van der Waals surface area contributed by atoms with Gasteiger partial charge < -0.3 is 4.98 Å². The standard InChI is InChI=1S/C19H28N2S/c1-2-3-4-5-6-7-8-11-16-22-18-13-10-9-12-17(18)19-20-14-15-21-19/h9-10,12-15H,2-8,11,16H2,1H3,(H,20,21). The number of benzene rings is 1. The normalized spacial score (nSPS) is 11.0. The van der Waals surface area contributed by atoms with Crippen molar-refractivity contribution < 1.29 is 0 Å². The summed E-state index contributed by atoms with van der Waals surface area (Å²) in [6.45, 7) is 2.28. The van der Waals surface area contributed by atoms with E-state index in [4.69, 9.17) is 0 Å². The molecule has 0 aliphatic rings. The second kappa shape index (κ2) is 10.5. The van der Waals surface area contributed by atoms with Gasteiger partial charge in [-0.05, 0) is 18.2 Å². The van der Waals surface area contributed by atoms with Crippen molar-refractivity contribution in [1.82, 2.24) is 9.97 Å². The molecule has 0 amide bonds. The lowest BCUT2D eigenvalue weighted by molar-refractivity contribution is 0.586. The monoisotopic (exact) mass is 316 g/mol. The predicted octanol–water partition coefficient (Wildman–Crippen LogP) is 6.31. The summed E-state index contributed by atoms with van der Waals surface area (Å²) in [5.74, 6) is 2.17. The van der Waals surface area contributed by atoms with E-state index in [1.807, 2.05) is 24.2 Å². The van der Waals surface area contributed by atoms with E-state index in [1.54, 1.807) is 0 Å². The third kappa shape index (κ3) is 5.88. The Labute approximate surface area is 139 Å². The minimum atomic E-state index is 0.971. The summed E-state index contributed by atoms with van der Waals surface area (Å²) < 4.78 is 0. The van der Waals surface area contributed by atoms with Gasteiger partial charge in [0.05, 0.1) is 0 Å². The molecule has 22 heavy (non-hydrogen) atoms. The largest absolute Gasteiger partial charge is 0.345 e. The van der Waals surface area contributed by atoms with Crippen molar-refractivity contribution in [3.05, 3.63) is 36.7 Å². The minimum Gasteiger partial charge on any atom is -0.345 e. The number of aromatic amines is 1. The number of nitrogens with zero attached hydrogens (tertiary/aromatic N) is 1. The number of rotatable bonds is 11. The third-order valence-electron chi connectivity index (χ3n) is 3.90. The first-order valence-electron chi connectivity index (χ1n) is 8.63. The summed E-state index contributed by atoms with van der Waals surface area (Å²) in [5, 5.41) is 0. The lowest BCUT2D eigenvalue weighted by Gasteiger charge is -2.07. The fourth-order valence-corrected chi connectivity index (χ4v) is 3.68. The molecule has 0 aliphatic heterocycles. The number of nitrogens with one attached hydrogen (secondary N) is 1. The molecule has 0 unspecified atom stereocenters. The SMILES string of the molecule is CCCCCCCCCCSc1ccccc1-c1ncc[nH]1. The zero-order chi connectivity index (χ0) is 15.5. The maximum Gasteiger partial charge on any atom is 0.138 e. The Morgan fingerprint density at radius 3 is 2.41 bits per heavy atom. The van der Waals surface area contributed by atoms with Crippen LogP contribution in [0.4, 0.5) is 0 Å². The van der Waals surface area contributed by atoms with Crippen molar-refractivity contribution in [2.24, 2.45) is 0 Å². The van der Waals surface area contributed by atoms with Gasteiger partial charge >= 0.3 is 0 Å². The molecule has 2 rings (SSSR count).